The zero-order chi connectivity index (χ0) is 18.0. The first-order valence-electron chi connectivity index (χ1n) is 8.24. The van der Waals surface area contributed by atoms with Gasteiger partial charge in [0.25, 0.3) is 5.91 Å². The van der Waals surface area contributed by atoms with Crippen molar-refractivity contribution in [1.82, 2.24) is 4.90 Å². The lowest BCUT2D eigenvalue weighted by Gasteiger charge is -2.31. The number of carbonyl (C=O) groups is 3. The molecule has 0 bridgehead atoms. The van der Waals surface area contributed by atoms with E-state index in [0.717, 1.165) is 11.1 Å². The third kappa shape index (κ3) is 3.79. The second kappa shape index (κ2) is 7.19. The van der Waals surface area contributed by atoms with E-state index in [2.05, 4.69) is 0 Å². The summed E-state index contributed by atoms with van der Waals surface area (Å²) in [6.45, 7) is 3.09. The van der Waals surface area contributed by atoms with E-state index in [4.69, 9.17) is 5.73 Å². The van der Waals surface area contributed by atoms with Crippen LogP contribution in [-0.2, 0) is 0 Å². The van der Waals surface area contributed by atoms with E-state index in [0.29, 0.717) is 36.4 Å². The number of Topliss-reactive ketones (excluding diaryl/α,β-unsaturated/α-hetero) is 1. The highest BCUT2D eigenvalue weighted by Gasteiger charge is 2.29. The number of thiophene rings is 1. The van der Waals surface area contributed by atoms with E-state index >= 15 is 0 Å². The zero-order valence-corrected chi connectivity index (χ0v) is 14.8. The standard InChI is InChI=1S/C19H20N2O3S/c1-12-2-4-13(5-3-12)17(22)14-6-8-21(9-7-14)19(24)16-10-15(11-25-16)18(20)23/h2-5,10-11,14H,6-9H2,1H3,(H2,20,23). The van der Waals surface area contributed by atoms with Gasteiger partial charge in [-0.1, -0.05) is 29.8 Å². The number of piperidine rings is 1. The molecule has 2 amide bonds. The minimum atomic E-state index is -0.530. The van der Waals surface area contributed by atoms with Crippen molar-refractivity contribution in [3.63, 3.8) is 0 Å². The molecule has 2 heterocycles. The Hall–Kier alpha value is -2.47. The summed E-state index contributed by atoms with van der Waals surface area (Å²) in [6, 6.07) is 9.16. The second-order valence-electron chi connectivity index (χ2n) is 6.36. The predicted molar refractivity (Wildman–Crippen MR) is 97.0 cm³/mol. The molecule has 130 valence electrons. The summed E-state index contributed by atoms with van der Waals surface area (Å²) < 4.78 is 0. The molecular formula is C19H20N2O3S. The van der Waals surface area contributed by atoms with Crippen LogP contribution in [0.15, 0.2) is 35.7 Å². The van der Waals surface area contributed by atoms with Crippen molar-refractivity contribution in [2.24, 2.45) is 11.7 Å². The van der Waals surface area contributed by atoms with Gasteiger partial charge in [-0.3, -0.25) is 14.4 Å². The molecule has 0 spiro atoms. The number of primary amides is 1. The van der Waals surface area contributed by atoms with Gasteiger partial charge in [0.1, 0.15) is 0 Å². The van der Waals surface area contributed by atoms with Crippen molar-refractivity contribution < 1.29 is 14.4 Å². The number of likely N-dealkylation sites (tertiary alicyclic amines) is 1. The molecule has 1 aromatic carbocycles. The van der Waals surface area contributed by atoms with Crippen molar-refractivity contribution in [1.29, 1.82) is 0 Å². The average molecular weight is 356 g/mol. The molecule has 1 aliphatic heterocycles. The minimum Gasteiger partial charge on any atom is -0.366 e. The first-order valence-corrected chi connectivity index (χ1v) is 9.12. The Bertz CT molecular complexity index is 802. The number of hydrogen-bond acceptors (Lipinski definition) is 4. The van der Waals surface area contributed by atoms with Gasteiger partial charge in [-0.05, 0) is 25.8 Å². The van der Waals surface area contributed by atoms with Crippen LogP contribution in [0.2, 0.25) is 0 Å². The first kappa shape index (κ1) is 17.4. The van der Waals surface area contributed by atoms with Gasteiger partial charge < -0.3 is 10.6 Å². The number of hydrogen-bond donors (Lipinski definition) is 1. The molecule has 5 nitrogen and oxygen atoms in total. The fourth-order valence-electron chi connectivity index (χ4n) is 3.03. The molecule has 1 saturated heterocycles. The van der Waals surface area contributed by atoms with Gasteiger partial charge >= 0.3 is 0 Å². The highest BCUT2D eigenvalue weighted by atomic mass is 32.1. The quantitative estimate of drug-likeness (QED) is 0.855. The van der Waals surface area contributed by atoms with Gasteiger partial charge in [-0.25, -0.2) is 0 Å². The van der Waals surface area contributed by atoms with Gasteiger partial charge in [0, 0.05) is 30.0 Å². The summed E-state index contributed by atoms with van der Waals surface area (Å²) in [6.07, 6.45) is 1.32. The summed E-state index contributed by atoms with van der Waals surface area (Å²) >= 11 is 1.23. The molecule has 25 heavy (non-hydrogen) atoms. The molecule has 0 radical (unpaired) electrons. The van der Waals surface area contributed by atoms with Crippen LogP contribution in [0.25, 0.3) is 0 Å². The number of carbonyl (C=O) groups excluding carboxylic acids is 3. The number of rotatable bonds is 4. The molecular weight excluding hydrogens is 336 g/mol. The predicted octanol–water partition coefficient (Wildman–Crippen LogP) is 2.89. The lowest BCUT2D eigenvalue weighted by atomic mass is 9.88. The Kier molecular flexibility index (Phi) is 4.99. The highest BCUT2D eigenvalue weighted by molar-refractivity contribution is 7.12. The monoisotopic (exact) mass is 356 g/mol. The topological polar surface area (TPSA) is 80.5 Å². The Balaban J connectivity index is 1.61. The van der Waals surface area contributed by atoms with E-state index in [1.165, 1.54) is 11.3 Å². The third-order valence-corrected chi connectivity index (χ3v) is 5.50. The van der Waals surface area contributed by atoms with Gasteiger partial charge in [-0.15, -0.1) is 11.3 Å². The summed E-state index contributed by atoms with van der Waals surface area (Å²) in [5, 5.41) is 1.60. The van der Waals surface area contributed by atoms with Crippen molar-refractivity contribution in [3.8, 4) is 0 Å². The minimum absolute atomic E-state index is 0.0451. The first-order chi connectivity index (χ1) is 12.0. The lowest BCUT2D eigenvalue weighted by molar-refractivity contribution is 0.0654. The maximum atomic E-state index is 12.6. The number of nitrogens with two attached hydrogens (primary N) is 1. The van der Waals surface area contributed by atoms with E-state index in [1.54, 1.807) is 16.3 Å². The molecule has 1 aliphatic rings. The highest BCUT2D eigenvalue weighted by Crippen LogP contribution is 2.25. The molecule has 3 rings (SSSR count). The average Bonchev–Trinajstić information content (AvgIpc) is 3.12. The molecule has 1 aromatic heterocycles. The van der Waals surface area contributed by atoms with Gasteiger partial charge in [0.15, 0.2) is 5.78 Å². The van der Waals surface area contributed by atoms with Gasteiger partial charge in [0.2, 0.25) is 5.91 Å². The zero-order valence-electron chi connectivity index (χ0n) is 14.0. The van der Waals surface area contributed by atoms with Gasteiger partial charge in [0.05, 0.1) is 10.4 Å². The maximum Gasteiger partial charge on any atom is 0.263 e. The number of aryl methyl sites for hydroxylation is 1. The van der Waals surface area contributed by atoms with E-state index in [1.807, 2.05) is 31.2 Å². The molecule has 0 aliphatic carbocycles. The summed E-state index contributed by atoms with van der Waals surface area (Å²) in [7, 11) is 0. The Morgan fingerprint density at radius 1 is 1.08 bits per heavy atom. The molecule has 1 fully saturated rings. The number of ketones is 1. The van der Waals surface area contributed by atoms with Crippen LogP contribution < -0.4 is 5.73 Å². The molecule has 0 saturated carbocycles. The Morgan fingerprint density at radius 3 is 2.28 bits per heavy atom. The van der Waals surface area contributed by atoms with Crippen LogP contribution in [0.4, 0.5) is 0 Å². The van der Waals surface area contributed by atoms with Gasteiger partial charge in [-0.2, -0.15) is 0 Å². The number of amides is 2. The van der Waals surface area contributed by atoms with E-state index in [9.17, 15) is 14.4 Å². The van der Waals surface area contributed by atoms with Crippen LogP contribution in [-0.4, -0.2) is 35.6 Å². The summed E-state index contributed by atoms with van der Waals surface area (Å²) in [5.74, 6) is -0.521. The molecule has 2 aromatic rings. The number of benzene rings is 1. The van der Waals surface area contributed by atoms with Crippen molar-refractivity contribution >= 4 is 28.9 Å². The van der Waals surface area contributed by atoms with Crippen molar-refractivity contribution in [2.45, 2.75) is 19.8 Å². The van der Waals surface area contributed by atoms with E-state index in [-0.39, 0.29) is 17.6 Å². The van der Waals surface area contributed by atoms with Crippen LogP contribution in [0, 0.1) is 12.8 Å². The lowest BCUT2D eigenvalue weighted by Crippen LogP contribution is -2.40. The van der Waals surface area contributed by atoms with Crippen molar-refractivity contribution in [3.05, 3.63) is 57.3 Å². The molecule has 6 heteroatoms. The fraction of sp³-hybridized carbons (Fsp3) is 0.316. The molecule has 2 N–H and O–H groups in total. The summed E-state index contributed by atoms with van der Waals surface area (Å²) in [4.78, 5) is 38.5. The van der Waals surface area contributed by atoms with Crippen LogP contribution in [0.5, 0.6) is 0 Å². The summed E-state index contributed by atoms with van der Waals surface area (Å²) in [5.41, 5.74) is 7.45. The SMILES string of the molecule is Cc1ccc(C(=O)C2CCN(C(=O)c3cc(C(N)=O)cs3)CC2)cc1. The Morgan fingerprint density at radius 2 is 1.72 bits per heavy atom. The normalized spacial score (nSPS) is 15.2. The van der Waals surface area contributed by atoms with Crippen LogP contribution >= 0.6 is 11.3 Å². The largest absolute Gasteiger partial charge is 0.366 e. The van der Waals surface area contributed by atoms with E-state index < -0.39 is 5.91 Å². The van der Waals surface area contributed by atoms with Crippen LogP contribution in [0.1, 0.15) is 48.8 Å². The molecule has 0 unspecified atom stereocenters. The smallest absolute Gasteiger partial charge is 0.263 e. The van der Waals surface area contributed by atoms with Crippen LogP contribution in [0.3, 0.4) is 0 Å². The van der Waals surface area contributed by atoms with Crippen molar-refractivity contribution in [2.75, 3.05) is 13.1 Å². The third-order valence-electron chi connectivity index (χ3n) is 4.58. The Labute approximate surface area is 150 Å². The maximum absolute atomic E-state index is 12.6. The number of nitrogens with zero attached hydrogens (tertiary/aromatic N) is 1. The molecule has 0 atom stereocenters. The second-order valence-corrected chi connectivity index (χ2v) is 7.27. The fourth-order valence-corrected chi connectivity index (χ4v) is 3.89.